The highest BCUT2D eigenvalue weighted by molar-refractivity contribution is 6.09. The zero-order chi connectivity index (χ0) is 29.8. The minimum absolute atomic E-state index is 0.0347. The molecular formula is C34H44N6O2. The molecule has 1 aliphatic heterocycles. The first-order chi connectivity index (χ1) is 20.3. The fourth-order valence-electron chi connectivity index (χ4n) is 6.22. The SMILES string of the molecule is CCCC1=C(CCC(=O)c2cc(-c3ccc(N4CCN(CCN)CC4)nc3)cc3c2cnn3C(C)C)C(=O)CC(C)=C1. The number of nitrogens with zero attached hydrogens (tertiary/aromatic N) is 5. The van der Waals surface area contributed by atoms with Crippen molar-refractivity contribution in [2.45, 2.75) is 65.8 Å². The van der Waals surface area contributed by atoms with E-state index < -0.39 is 0 Å². The van der Waals surface area contributed by atoms with E-state index in [1.54, 1.807) is 6.20 Å². The highest BCUT2D eigenvalue weighted by Gasteiger charge is 2.23. The average Bonchev–Trinajstić information content (AvgIpc) is 3.41. The summed E-state index contributed by atoms with van der Waals surface area (Å²) < 4.78 is 1.97. The Balaban J connectivity index is 1.42. The van der Waals surface area contributed by atoms with Gasteiger partial charge in [0, 0.05) is 80.9 Å². The standard InChI is InChI=1S/C34H44N6O2/c1-5-6-25-17-24(4)18-33(42)28(25)8-9-32(41)29-19-27(20-31-30(29)22-37-40(31)23(2)3)26-7-10-34(36-21-26)39-15-13-38(12-11-35)14-16-39/h7,10,17,19-23H,5-6,8-9,11-16,18,35H2,1-4H3. The number of pyridine rings is 1. The second kappa shape index (κ2) is 13.1. The molecule has 42 heavy (non-hydrogen) atoms. The first-order valence-corrected chi connectivity index (χ1v) is 15.4. The van der Waals surface area contributed by atoms with E-state index in [2.05, 4.69) is 59.9 Å². The summed E-state index contributed by atoms with van der Waals surface area (Å²) in [6.45, 7) is 13.8. The molecule has 0 bridgehead atoms. The van der Waals surface area contributed by atoms with Crippen molar-refractivity contribution >= 4 is 28.3 Å². The van der Waals surface area contributed by atoms with Crippen LogP contribution in [-0.2, 0) is 4.79 Å². The normalized spacial score (nSPS) is 16.6. The van der Waals surface area contributed by atoms with Crippen LogP contribution in [-0.4, -0.2) is 70.5 Å². The molecule has 222 valence electrons. The van der Waals surface area contributed by atoms with Crippen molar-refractivity contribution in [1.82, 2.24) is 19.7 Å². The van der Waals surface area contributed by atoms with Gasteiger partial charge in [0.25, 0.3) is 0 Å². The molecule has 0 amide bonds. The molecule has 0 saturated carbocycles. The molecular weight excluding hydrogens is 524 g/mol. The lowest BCUT2D eigenvalue weighted by Gasteiger charge is -2.35. The Labute approximate surface area is 249 Å². The molecule has 1 aromatic carbocycles. The van der Waals surface area contributed by atoms with Gasteiger partial charge >= 0.3 is 0 Å². The first-order valence-electron chi connectivity index (χ1n) is 15.4. The van der Waals surface area contributed by atoms with Crippen LogP contribution in [0.25, 0.3) is 22.0 Å². The molecule has 1 aliphatic carbocycles. The van der Waals surface area contributed by atoms with E-state index in [-0.39, 0.29) is 17.6 Å². The summed E-state index contributed by atoms with van der Waals surface area (Å²) in [6.07, 6.45) is 8.90. The van der Waals surface area contributed by atoms with E-state index in [0.717, 1.165) is 90.1 Å². The summed E-state index contributed by atoms with van der Waals surface area (Å²) in [6, 6.07) is 8.41. The van der Waals surface area contributed by atoms with Gasteiger partial charge in [0.15, 0.2) is 11.6 Å². The van der Waals surface area contributed by atoms with Crippen LogP contribution in [0.5, 0.6) is 0 Å². The first kappa shape index (κ1) is 29.9. The van der Waals surface area contributed by atoms with Gasteiger partial charge in [0.05, 0.1) is 11.7 Å². The van der Waals surface area contributed by atoms with Gasteiger partial charge in [-0.2, -0.15) is 5.10 Å². The Morgan fingerprint density at radius 1 is 1.05 bits per heavy atom. The van der Waals surface area contributed by atoms with Crippen molar-refractivity contribution in [3.05, 3.63) is 65.0 Å². The summed E-state index contributed by atoms with van der Waals surface area (Å²) in [5, 5.41) is 5.49. The van der Waals surface area contributed by atoms with Gasteiger partial charge in [-0.15, -0.1) is 0 Å². The third-order valence-electron chi connectivity index (χ3n) is 8.43. The Bertz CT molecular complexity index is 1510. The average molecular weight is 569 g/mol. The van der Waals surface area contributed by atoms with E-state index >= 15 is 0 Å². The molecule has 0 atom stereocenters. The molecule has 1 saturated heterocycles. The summed E-state index contributed by atoms with van der Waals surface area (Å²) in [7, 11) is 0. The quantitative estimate of drug-likeness (QED) is 0.295. The maximum absolute atomic E-state index is 13.8. The van der Waals surface area contributed by atoms with Crippen molar-refractivity contribution in [3.8, 4) is 11.1 Å². The fraction of sp³-hybridized carbons (Fsp3) is 0.471. The largest absolute Gasteiger partial charge is 0.354 e. The highest BCUT2D eigenvalue weighted by Crippen LogP contribution is 2.32. The number of carbonyl (C=O) groups excluding carboxylic acids is 2. The Morgan fingerprint density at radius 2 is 1.83 bits per heavy atom. The van der Waals surface area contributed by atoms with E-state index in [1.807, 2.05) is 23.9 Å². The van der Waals surface area contributed by atoms with Crippen LogP contribution < -0.4 is 10.6 Å². The second-order valence-electron chi connectivity index (χ2n) is 11.9. The second-order valence-corrected chi connectivity index (χ2v) is 11.9. The smallest absolute Gasteiger partial charge is 0.163 e. The number of anilines is 1. The minimum atomic E-state index is 0.0347. The van der Waals surface area contributed by atoms with Crippen LogP contribution in [0, 0.1) is 0 Å². The minimum Gasteiger partial charge on any atom is -0.354 e. The van der Waals surface area contributed by atoms with Gasteiger partial charge in [0.2, 0.25) is 0 Å². The fourth-order valence-corrected chi connectivity index (χ4v) is 6.22. The molecule has 8 nitrogen and oxygen atoms in total. The molecule has 0 unspecified atom stereocenters. The summed E-state index contributed by atoms with van der Waals surface area (Å²) in [5.41, 5.74) is 12.2. The lowest BCUT2D eigenvalue weighted by Crippen LogP contribution is -2.48. The van der Waals surface area contributed by atoms with Crippen LogP contribution >= 0.6 is 0 Å². The zero-order valence-corrected chi connectivity index (χ0v) is 25.5. The topological polar surface area (TPSA) is 97.3 Å². The predicted molar refractivity (Wildman–Crippen MR) is 170 cm³/mol. The van der Waals surface area contributed by atoms with Crippen molar-refractivity contribution < 1.29 is 9.59 Å². The lowest BCUT2D eigenvalue weighted by molar-refractivity contribution is -0.115. The number of allylic oxidation sites excluding steroid dienone is 4. The van der Waals surface area contributed by atoms with E-state index in [9.17, 15) is 9.59 Å². The third kappa shape index (κ3) is 6.40. The third-order valence-corrected chi connectivity index (χ3v) is 8.43. The van der Waals surface area contributed by atoms with Crippen molar-refractivity contribution in [2.24, 2.45) is 5.73 Å². The van der Waals surface area contributed by atoms with Crippen LogP contribution in [0.2, 0.25) is 0 Å². The van der Waals surface area contributed by atoms with Crippen LogP contribution in [0.4, 0.5) is 5.82 Å². The van der Waals surface area contributed by atoms with Crippen LogP contribution in [0.1, 0.15) is 76.2 Å². The van der Waals surface area contributed by atoms with Gasteiger partial charge in [-0.25, -0.2) is 4.98 Å². The zero-order valence-electron chi connectivity index (χ0n) is 25.5. The summed E-state index contributed by atoms with van der Waals surface area (Å²) in [4.78, 5) is 36.2. The molecule has 5 rings (SSSR count). The van der Waals surface area contributed by atoms with Gasteiger partial charge in [-0.3, -0.25) is 19.2 Å². The molecule has 3 aromatic rings. The molecule has 3 heterocycles. The van der Waals surface area contributed by atoms with Crippen molar-refractivity contribution in [2.75, 3.05) is 44.2 Å². The number of Topliss-reactive ketones (excluding diaryl/α,β-unsaturated/α-hetero) is 2. The van der Waals surface area contributed by atoms with Crippen molar-refractivity contribution in [1.29, 1.82) is 0 Å². The number of aromatic nitrogens is 3. The maximum Gasteiger partial charge on any atom is 0.163 e. The number of fused-ring (bicyclic) bond motifs is 1. The highest BCUT2D eigenvalue weighted by atomic mass is 16.1. The number of benzene rings is 1. The van der Waals surface area contributed by atoms with Gasteiger partial charge in [-0.1, -0.05) is 25.0 Å². The van der Waals surface area contributed by atoms with E-state index in [4.69, 9.17) is 10.7 Å². The Hall–Kier alpha value is -3.62. The number of ketones is 2. The molecule has 2 aliphatic rings. The van der Waals surface area contributed by atoms with Crippen molar-refractivity contribution in [3.63, 3.8) is 0 Å². The molecule has 2 aromatic heterocycles. The van der Waals surface area contributed by atoms with Gasteiger partial charge < -0.3 is 10.6 Å². The maximum atomic E-state index is 13.8. The number of piperazine rings is 1. The van der Waals surface area contributed by atoms with Gasteiger partial charge in [0.1, 0.15) is 5.82 Å². The number of carbonyl (C=O) groups is 2. The molecule has 0 spiro atoms. The summed E-state index contributed by atoms with van der Waals surface area (Å²) in [5.74, 6) is 1.16. The van der Waals surface area contributed by atoms with Crippen LogP contribution in [0.3, 0.4) is 0 Å². The lowest BCUT2D eigenvalue weighted by atomic mass is 9.86. The van der Waals surface area contributed by atoms with Gasteiger partial charge in [-0.05, 0) is 74.6 Å². The Morgan fingerprint density at radius 3 is 2.50 bits per heavy atom. The molecule has 1 fully saturated rings. The molecule has 8 heteroatoms. The number of nitrogens with two attached hydrogens (primary N) is 1. The number of hydrogen-bond donors (Lipinski definition) is 1. The van der Waals surface area contributed by atoms with E-state index in [1.165, 1.54) is 0 Å². The number of hydrogen-bond acceptors (Lipinski definition) is 7. The predicted octanol–water partition coefficient (Wildman–Crippen LogP) is 5.74. The van der Waals surface area contributed by atoms with E-state index in [0.29, 0.717) is 31.4 Å². The van der Waals surface area contributed by atoms with Crippen LogP contribution in [0.15, 0.2) is 59.5 Å². The monoisotopic (exact) mass is 568 g/mol. The summed E-state index contributed by atoms with van der Waals surface area (Å²) >= 11 is 0. The molecule has 2 N–H and O–H groups in total. The number of rotatable bonds is 11. The molecule has 0 radical (unpaired) electrons. The Kier molecular flexibility index (Phi) is 9.34.